The first kappa shape index (κ1) is 26.0. The second kappa shape index (κ2) is 29.9. The number of allylic oxidation sites excluding steroid dienone is 4. The summed E-state index contributed by atoms with van der Waals surface area (Å²) in [6.07, 6.45) is 10.0. The van der Waals surface area contributed by atoms with Crippen LogP contribution in [-0.2, 0) is 18.6 Å². The van der Waals surface area contributed by atoms with Crippen molar-refractivity contribution in [1.82, 2.24) is 0 Å². The molecule has 0 bridgehead atoms. The van der Waals surface area contributed by atoms with Gasteiger partial charge in [0.15, 0.2) is 0 Å². The molecule has 1 aliphatic carbocycles. The predicted molar refractivity (Wildman–Crippen MR) is 70.5 cm³/mol. The van der Waals surface area contributed by atoms with Crippen molar-refractivity contribution < 1.29 is 31.0 Å². The fraction of sp³-hybridized carbons (Fsp3) is 0.692. The van der Waals surface area contributed by atoms with Gasteiger partial charge < -0.3 is 23.0 Å². The molecule has 0 fully saturated rings. The number of rotatable bonds is 4. The molecular formula is C13H25ClN2V-4. The Kier molecular flexibility index (Phi) is 45.6. The van der Waals surface area contributed by atoms with E-state index in [0.717, 1.165) is 32.6 Å². The summed E-state index contributed by atoms with van der Waals surface area (Å²) >= 11 is 0. The number of hydrogen-bond acceptors (Lipinski definition) is 0. The third kappa shape index (κ3) is 38.6. The Labute approximate surface area is 126 Å². The quantitative estimate of drug-likeness (QED) is 0.695. The zero-order chi connectivity index (χ0) is 11.8. The van der Waals surface area contributed by atoms with E-state index in [1.165, 1.54) is 0 Å². The number of halogens is 1. The van der Waals surface area contributed by atoms with E-state index in [4.69, 9.17) is 0 Å². The normalized spacial score (nSPS) is 10.1. The van der Waals surface area contributed by atoms with Gasteiger partial charge in [-0.05, 0) is 0 Å². The molecule has 0 unspecified atom stereocenters. The Balaban J connectivity index is -0.0000000704. The molecule has 0 aromatic rings. The van der Waals surface area contributed by atoms with Crippen molar-refractivity contribution in [2.24, 2.45) is 0 Å². The van der Waals surface area contributed by atoms with Crippen LogP contribution in [0.25, 0.3) is 10.6 Å². The van der Waals surface area contributed by atoms with Gasteiger partial charge in [0.05, 0.1) is 0 Å². The summed E-state index contributed by atoms with van der Waals surface area (Å²) < 4.78 is 0. The van der Waals surface area contributed by atoms with Gasteiger partial charge in [-0.25, -0.2) is 12.2 Å². The summed E-state index contributed by atoms with van der Waals surface area (Å²) in [6, 6.07) is 0. The van der Waals surface area contributed by atoms with Crippen LogP contribution in [0.15, 0.2) is 18.2 Å². The first-order valence-corrected chi connectivity index (χ1v) is 5.81. The van der Waals surface area contributed by atoms with Gasteiger partial charge in [-0.1, -0.05) is 27.7 Å². The molecule has 1 rings (SSSR count). The third-order valence-corrected chi connectivity index (χ3v) is 1.48. The van der Waals surface area contributed by atoms with Crippen LogP contribution in [0.3, 0.4) is 0 Å². The van der Waals surface area contributed by atoms with Gasteiger partial charge in [-0.2, -0.15) is 32.3 Å². The summed E-state index contributed by atoms with van der Waals surface area (Å²) in [7, 11) is 0. The van der Waals surface area contributed by atoms with Crippen molar-refractivity contribution in [3.8, 4) is 0 Å². The Morgan fingerprint density at radius 2 is 1.35 bits per heavy atom. The van der Waals surface area contributed by atoms with Crippen molar-refractivity contribution >= 4 is 0 Å². The van der Waals surface area contributed by atoms with Gasteiger partial charge >= 0.3 is 0 Å². The van der Waals surface area contributed by atoms with Crippen LogP contribution in [0.1, 0.15) is 34.1 Å². The van der Waals surface area contributed by atoms with E-state index in [1.54, 1.807) is 0 Å². The Morgan fingerprint density at radius 3 is 1.41 bits per heavy atom. The SMILES string of the molecule is CC[N-]CC.CC[N-]CC.[C-]1=CC=CC1.[Cl-].[V]. The molecule has 0 saturated carbocycles. The first-order valence-electron chi connectivity index (χ1n) is 5.81. The molecule has 0 atom stereocenters. The minimum Gasteiger partial charge on any atom is -1.00 e. The minimum atomic E-state index is 0. The molecule has 1 radical (unpaired) electrons. The monoisotopic (exact) mass is 295 g/mol. The predicted octanol–water partition coefficient (Wildman–Crippen LogP) is 1.11. The smallest absolute Gasteiger partial charge is 0 e. The number of nitrogens with zero attached hydrogens (tertiary/aromatic N) is 2. The molecule has 0 spiro atoms. The van der Waals surface area contributed by atoms with Crippen LogP contribution < -0.4 is 12.4 Å². The van der Waals surface area contributed by atoms with Crippen molar-refractivity contribution in [3.05, 3.63) is 34.9 Å². The van der Waals surface area contributed by atoms with E-state index >= 15 is 0 Å². The minimum absolute atomic E-state index is 0. The van der Waals surface area contributed by atoms with Gasteiger partial charge in [0.25, 0.3) is 0 Å². The van der Waals surface area contributed by atoms with E-state index in [9.17, 15) is 0 Å². The summed E-state index contributed by atoms with van der Waals surface area (Å²) in [4.78, 5) is 0. The van der Waals surface area contributed by atoms with Crippen molar-refractivity contribution in [3.63, 3.8) is 0 Å². The number of hydrogen-bond donors (Lipinski definition) is 0. The largest absolute Gasteiger partial charge is 1.00 e. The molecule has 0 heterocycles. The van der Waals surface area contributed by atoms with E-state index in [1.807, 2.05) is 39.8 Å². The maximum atomic E-state index is 3.97. The van der Waals surface area contributed by atoms with Crippen molar-refractivity contribution in [1.29, 1.82) is 0 Å². The van der Waals surface area contributed by atoms with Gasteiger partial charge in [-0.15, -0.1) is 6.42 Å². The summed E-state index contributed by atoms with van der Waals surface area (Å²) in [5, 5.41) is 7.94. The van der Waals surface area contributed by atoms with Crippen molar-refractivity contribution in [2.75, 3.05) is 26.2 Å². The van der Waals surface area contributed by atoms with Crippen LogP contribution in [0, 0.1) is 6.08 Å². The fourth-order valence-corrected chi connectivity index (χ4v) is 0.787. The van der Waals surface area contributed by atoms with Gasteiger partial charge in [0.1, 0.15) is 0 Å². The van der Waals surface area contributed by atoms with Gasteiger partial charge in [0.2, 0.25) is 0 Å². The molecule has 0 N–H and O–H groups in total. The average molecular weight is 296 g/mol. The van der Waals surface area contributed by atoms with Gasteiger partial charge in [0, 0.05) is 18.6 Å². The molecule has 1 aliphatic rings. The molecule has 103 valence electrons. The average Bonchev–Trinajstić information content (AvgIpc) is 2.79. The molecule has 2 nitrogen and oxygen atoms in total. The Morgan fingerprint density at radius 1 is 0.941 bits per heavy atom. The summed E-state index contributed by atoms with van der Waals surface area (Å²) in [5.41, 5.74) is 0. The van der Waals surface area contributed by atoms with E-state index < -0.39 is 0 Å². The topological polar surface area (TPSA) is 28.2 Å². The maximum absolute atomic E-state index is 3.97. The van der Waals surface area contributed by atoms with Crippen LogP contribution in [0.4, 0.5) is 0 Å². The maximum Gasteiger partial charge on any atom is 0 e. The van der Waals surface area contributed by atoms with E-state index in [-0.39, 0.29) is 31.0 Å². The van der Waals surface area contributed by atoms with Crippen LogP contribution in [0.2, 0.25) is 0 Å². The molecule has 0 aromatic heterocycles. The summed E-state index contributed by atoms with van der Waals surface area (Å²) in [5.74, 6) is 0. The Hall–Kier alpha value is 0.274. The molecule has 4 heteroatoms. The second-order valence-corrected chi connectivity index (χ2v) is 2.72. The first-order chi connectivity index (χ1) is 7.33. The second-order valence-electron chi connectivity index (χ2n) is 2.72. The van der Waals surface area contributed by atoms with Gasteiger partial charge in [-0.3, -0.25) is 6.08 Å². The zero-order valence-corrected chi connectivity index (χ0v) is 13.6. The van der Waals surface area contributed by atoms with Crippen LogP contribution in [-0.4, -0.2) is 26.2 Å². The van der Waals surface area contributed by atoms with Crippen LogP contribution >= 0.6 is 0 Å². The van der Waals surface area contributed by atoms with Crippen molar-refractivity contribution in [2.45, 2.75) is 34.1 Å². The van der Waals surface area contributed by atoms with Crippen LogP contribution in [0.5, 0.6) is 0 Å². The molecule has 0 aliphatic heterocycles. The Bertz CT molecular complexity index is 130. The molecule has 0 saturated heterocycles. The molecule has 17 heavy (non-hydrogen) atoms. The summed E-state index contributed by atoms with van der Waals surface area (Å²) in [6.45, 7) is 12.1. The third-order valence-electron chi connectivity index (χ3n) is 1.48. The molecule has 0 amide bonds. The zero-order valence-electron chi connectivity index (χ0n) is 11.5. The van der Waals surface area contributed by atoms with E-state index in [0.29, 0.717) is 0 Å². The fourth-order valence-electron chi connectivity index (χ4n) is 0.787. The standard InChI is InChI=1S/C5H5.2C4H10N.ClH.V/c1-2-4-5-3-1;2*1-3-5-4-2;;/h1-3H,4H2;2*3-4H2,1-2H3;1H;/q3*-1;;/p-1. The molecular weight excluding hydrogens is 271 g/mol. The van der Waals surface area contributed by atoms with E-state index in [2.05, 4.69) is 22.8 Å². The molecule has 0 aromatic carbocycles.